The van der Waals surface area contributed by atoms with Crippen LogP contribution in [-0.4, -0.2) is 34.8 Å². The minimum atomic E-state index is -0.691. The molecule has 3 N–H and O–H groups in total. The molecule has 2 heterocycles. The summed E-state index contributed by atoms with van der Waals surface area (Å²) < 4.78 is 15.4. The van der Waals surface area contributed by atoms with Gasteiger partial charge in [-0.3, -0.25) is 9.59 Å². The summed E-state index contributed by atoms with van der Waals surface area (Å²) in [6.45, 7) is 1.58. The smallest absolute Gasteiger partial charge is 0.250 e. The Morgan fingerprint density at radius 2 is 1.81 bits per heavy atom. The lowest BCUT2D eigenvalue weighted by atomic mass is 9.95. The largest absolute Gasteiger partial charge is 0.366 e. The molecule has 0 aliphatic carbocycles. The number of halogens is 1. The highest BCUT2D eigenvalue weighted by Gasteiger charge is 2.21. The molecule has 5 rings (SSSR count). The number of aromatic amines is 1. The fourth-order valence-corrected chi connectivity index (χ4v) is 4.48. The summed E-state index contributed by atoms with van der Waals surface area (Å²) >= 11 is 0. The number of hydrogen-bond acceptors (Lipinski definition) is 2. The number of para-hydroxylation sites is 1. The van der Waals surface area contributed by atoms with E-state index in [1.807, 2.05) is 53.4 Å². The quantitative estimate of drug-likeness (QED) is 0.456. The number of amides is 2. The van der Waals surface area contributed by atoms with Gasteiger partial charge in [-0.25, -0.2) is 4.39 Å². The van der Waals surface area contributed by atoms with Gasteiger partial charge >= 0.3 is 0 Å². The highest BCUT2D eigenvalue weighted by molar-refractivity contribution is 6.20. The molecule has 4 aromatic rings. The number of benzene rings is 3. The average molecular weight is 427 g/mol. The Bertz CT molecular complexity index is 1400. The Labute approximate surface area is 184 Å². The van der Waals surface area contributed by atoms with Crippen molar-refractivity contribution < 1.29 is 14.0 Å². The lowest BCUT2D eigenvalue weighted by Gasteiger charge is -2.12. The zero-order valence-corrected chi connectivity index (χ0v) is 17.4. The molecule has 0 radical (unpaired) electrons. The van der Waals surface area contributed by atoms with Crippen molar-refractivity contribution in [3.63, 3.8) is 0 Å². The molecule has 1 aliphatic rings. The SMILES string of the molecule is NC(=O)c1cc(F)c(-c2cccc(C=CC(=O)N3CCCC3)c2)c2c1[nH]c1ccccc12. The number of primary amides is 1. The van der Waals surface area contributed by atoms with Crippen LogP contribution < -0.4 is 5.73 Å². The van der Waals surface area contributed by atoms with Gasteiger partial charge in [-0.05, 0) is 48.2 Å². The number of fused-ring (bicyclic) bond motifs is 3. The maximum atomic E-state index is 15.4. The van der Waals surface area contributed by atoms with Gasteiger partial charge in [-0.15, -0.1) is 0 Å². The van der Waals surface area contributed by atoms with Gasteiger partial charge in [0.2, 0.25) is 5.91 Å². The number of aromatic nitrogens is 1. The van der Waals surface area contributed by atoms with Gasteiger partial charge in [-0.2, -0.15) is 0 Å². The number of carbonyl (C=O) groups excluding carboxylic acids is 2. The Morgan fingerprint density at radius 1 is 1.03 bits per heavy atom. The summed E-state index contributed by atoms with van der Waals surface area (Å²) in [6, 6.07) is 16.1. The predicted octanol–water partition coefficient (Wildman–Crippen LogP) is 4.86. The van der Waals surface area contributed by atoms with Crippen LogP contribution in [-0.2, 0) is 4.79 Å². The van der Waals surface area contributed by atoms with Gasteiger partial charge in [-0.1, -0.05) is 36.4 Å². The Balaban J connectivity index is 1.64. The predicted molar refractivity (Wildman–Crippen MR) is 125 cm³/mol. The molecule has 2 amide bonds. The van der Waals surface area contributed by atoms with Crippen molar-refractivity contribution in [2.45, 2.75) is 12.8 Å². The first-order chi connectivity index (χ1) is 15.5. The zero-order chi connectivity index (χ0) is 22.2. The maximum Gasteiger partial charge on any atom is 0.250 e. The molecule has 1 saturated heterocycles. The molecular formula is C26H22FN3O2. The first-order valence-corrected chi connectivity index (χ1v) is 10.6. The van der Waals surface area contributed by atoms with Crippen LogP contribution in [0.25, 0.3) is 39.0 Å². The maximum absolute atomic E-state index is 15.4. The number of nitrogens with one attached hydrogen (secondary N) is 1. The van der Waals surface area contributed by atoms with E-state index in [-0.39, 0.29) is 11.5 Å². The van der Waals surface area contributed by atoms with E-state index in [2.05, 4.69) is 4.98 Å². The topological polar surface area (TPSA) is 79.2 Å². The van der Waals surface area contributed by atoms with E-state index in [0.717, 1.165) is 42.4 Å². The van der Waals surface area contributed by atoms with E-state index in [1.165, 1.54) is 6.07 Å². The van der Waals surface area contributed by atoms with Crippen LogP contribution in [0.15, 0.2) is 60.7 Å². The number of carbonyl (C=O) groups is 2. The average Bonchev–Trinajstić information content (AvgIpc) is 3.46. The van der Waals surface area contributed by atoms with Gasteiger partial charge in [0, 0.05) is 41.0 Å². The molecule has 0 bridgehead atoms. The van der Waals surface area contributed by atoms with Gasteiger partial charge in [0.25, 0.3) is 5.91 Å². The molecule has 1 aromatic heterocycles. The van der Waals surface area contributed by atoms with Crippen molar-refractivity contribution in [2.24, 2.45) is 5.73 Å². The van der Waals surface area contributed by atoms with E-state index in [0.29, 0.717) is 22.0 Å². The van der Waals surface area contributed by atoms with E-state index in [4.69, 9.17) is 5.73 Å². The van der Waals surface area contributed by atoms with Gasteiger partial charge in [0.05, 0.1) is 11.1 Å². The molecule has 0 saturated carbocycles. The molecule has 1 fully saturated rings. The van der Waals surface area contributed by atoms with Gasteiger partial charge in [0.1, 0.15) is 5.82 Å². The molecular weight excluding hydrogens is 405 g/mol. The number of nitrogens with two attached hydrogens (primary N) is 1. The van der Waals surface area contributed by atoms with Crippen molar-refractivity contribution in [1.29, 1.82) is 0 Å². The highest BCUT2D eigenvalue weighted by atomic mass is 19.1. The fraction of sp³-hybridized carbons (Fsp3) is 0.154. The Hall–Kier alpha value is -3.93. The summed E-state index contributed by atoms with van der Waals surface area (Å²) in [7, 11) is 0. The summed E-state index contributed by atoms with van der Waals surface area (Å²) in [5.74, 6) is -1.22. The number of hydrogen-bond donors (Lipinski definition) is 2. The third-order valence-corrected chi connectivity index (χ3v) is 6.01. The molecule has 5 nitrogen and oxygen atoms in total. The monoisotopic (exact) mass is 427 g/mol. The first-order valence-electron chi connectivity index (χ1n) is 10.6. The summed E-state index contributed by atoms with van der Waals surface area (Å²) in [6.07, 6.45) is 5.40. The minimum absolute atomic E-state index is 0.0103. The molecule has 1 aliphatic heterocycles. The molecule has 32 heavy (non-hydrogen) atoms. The van der Waals surface area contributed by atoms with E-state index in [1.54, 1.807) is 12.2 Å². The molecule has 0 spiro atoms. The van der Waals surface area contributed by atoms with E-state index in [9.17, 15) is 9.59 Å². The summed E-state index contributed by atoms with van der Waals surface area (Å²) in [5.41, 5.74) is 8.80. The van der Waals surface area contributed by atoms with Crippen molar-refractivity contribution >= 4 is 39.7 Å². The lowest BCUT2D eigenvalue weighted by molar-refractivity contribution is -0.124. The molecule has 3 aromatic carbocycles. The van der Waals surface area contributed by atoms with Crippen molar-refractivity contribution in [3.05, 3.63) is 77.6 Å². The Kier molecular flexibility index (Phi) is 4.98. The standard InChI is InChI=1S/C26H22FN3O2/c27-20-15-19(26(28)32)25-24(18-8-1-2-9-21(18)29-25)23(20)17-7-5-6-16(14-17)10-11-22(31)30-12-3-4-13-30/h1-2,5-11,14-15,29H,3-4,12-13H2,(H2,28,32). The number of nitrogens with zero attached hydrogens (tertiary/aromatic N) is 1. The van der Waals surface area contributed by atoms with Crippen molar-refractivity contribution in [2.75, 3.05) is 13.1 Å². The van der Waals surface area contributed by atoms with Crippen molar-refractivity contribution in [1.82, 2.24) is 9.88 Å². The van der Waals surface area contributed by atoms with Gasteiger partial charge < -0.3 is 15.6 Å². The first kappa shape index (κ1) is 20.0. The molecule has 0 unspecified atom stereocenters. The summed E-state index contributed by atoms with van der Waals surface area (Å²) in [4.78, 5) is 29.4. The number of H-pyrrole nitrogens is 1. The lowest BCUT2D eigenvalue weighted by Crippen LogP contribution is -2.25. The second-order valence-corrected chi connectivity index (χ2v) is 8.06. The van der Waals surface area contributed by atoms with Gasteiger partial charge in [0.15, 0.2) is 0 Å². The van der Waals surface area contributed by atoms with Crippen LogP contribution in [0.3, 0.4) is 0 Å². The second kappa shape index (κ2) is 7.96. The third kappa shape index (κ3) is 3.43. The Morgan fingerprint density at radius 3 is 2.59 bits per heavy atom. The fourth-order valence-electron chi connectivity index (χ4n) is 4.48. The normalized spacial score (nSPS) is 14.1. The van der Waals surface area contributed by atoms with Crippen LogP contribution in [0.5, 0.6) is 0 Å². The number of rotatable bonds is 4. The van der Waals surface area contributed by atoms with Crippen molar-refractivity contribution in [3.8, 4) is 11.1 Å². The van der Waals surface area contributed by atoms with Crippen LogP contribution in [0.4, 0.5) is 4.39 Å². The summed E-state index contributed by atoms with van der Waals surface area (Å²) in [5, 5.41) is 1.42. The van der Waals surface area contributed by atoms with Crippen LogP contribution in [0, 0.1) is 5.82 Å². The van der Waals surface area contributed by atoms with E-state index >= 15 is 4.39 Å². The molecule has 6 heteroatoms. The van der Waals surface area contributed by atoms with Crippen LogP contribution in [0.1, 0.15) is 28.8 Å². The van der Waals surface area contributed by atoms with Crippen LogP contribution in [0.2, 0.25) is 0 Å². The molecule has 160 valence electrons. The van der Waals surface area contributed by atoms with E-state index < -0.39 is 11.7 Å². The zero-order valence-electron chi connectivity index (χ0n) is 17.4. The van der Waals surface area contributed by atoms with Crippen LogP contribution >= 0.6 is 0 Å². The second-order valence-electron chi connectivity index (χ2n) is 8.06. The highest BCUT2D eigenvalue weighted by Crippen LogP contribution is 2.38. The number of likely N-dealkylation sites (tertiary alicyclic amines) is 1. The third-order valence-electron chi connectivity index (χ3n) is 6.01. The minimum Gasteiger partial charge on any atom is -0.366 e. The molecule has 0 atom stereocenters.